The predicted molar refractivity (Wildman–Crippen MR) is 112 cm³/mol. The van der Waals surface area contributed by atoms with E-state index in [0.717, 1.165) is 23.3 Å². The van der Waals surface area contributed by atoms with Crippen LogP contribution in [-0.4, -0.2) is 0 Å². The van der Waals surface area contributed by atoms with E-state index in [2.05, 4.69) is 59.4 Å². The van der Waals surface area contributed by atoms with Gasteiger partial charge >= 0.3 is 0 Å². The van der Waals surface area contributed by atoms with Crippen LogP contribution < -0.4 is 0 Å². The van der Waals surface area contributed by atoms with Crippen molar-refractivity contribution in [1.82, 2.24) is 0 Å². The fourth-order valence-corrected chi connectivity index (χ4v) is 3.17. The Bertz CT molecular complexity index is 369. The lowest BCUT2D eigenvalue weighted by molar-refractivity contribution is 0.389. The minimum Gasteiger partial charge on any atom is -0.0961 e. The van der Waals surface area contributed by atoms with Crippen molar-refractivity contribution < 1.29 is 0 Å². The zero-order chi connectivity index (χ0) is 18.4. The lowest BCUT2D eigenvalue weighted by Gasteiger charge is -2.15. The maximum atomic E-state index is 3.89. The van der Waals surface area contributed by atoms with Gasteiger partial charge in [0.15, 0.2) is 0 Å². The zero-order valence-corrected chi connectivity index (χ0v) is 17.5. The molecule has 0 bridgehead atoms. The Morgan fingerprint density at radius 3 is 1.79 bits per heavy atom. The van der Waals surface area contributed by atoms with Gasteiger partial charge in [0.2, 0.25) is 0 Å². The Balaban J connectivity index is 3.68. The largest absolute Gasteiger partial charge is 0.0961 e. The van der Waals surface area contributed by atoms with E-state index in [1.165, 1.54) is 63.4 Å². The first-order chi connectivity index (χ1) is 11.3. The van der Waals surface area contributed by atoms with Crippen molar-refractivity contribution in [2.75, 3.05) is 0 Å². The Labute approximate surface area is 153 Å². The summed E-state index contributed by atoms with van der Waals surface area (Å²) < 4.78 is 0. The first kappa shape index (κ1) is 23.2. The van der Waals surface area contributed by atoms with Gasteiger partial charge in [-0.2, -0.15) is 0 Å². The van der Waals surface area contributed by atoms with E-state index in [0.29, 0.717) is 0 Å². The van der Waals surface area contributed by atoms with Crippen LogP contribution in [0.15, 0.2) is 36.0 Å². The summed E-state index contributed by atoms with van der Waals surface area (Å²) in [7, 11) is 0. The van der Waals surface area contributed by atoms with Crippen LogP contribution in [0.3, 0.4) is 0 Å². The predicted octanol–water partition coefficient (Wildman–Crippen LogP) is 8.50. The van der Waals surface area contributed by atoms with Crippen molar-refractivity contribution >= 4 is 0 Å². The van der Waals surface area contributed by atoms with Crippen molar-refractivity contribution in [3.05, 3.63) is 36.0 Å². The molecule has 0 aliphatic rings. The smallest absolute Gasteiger partial charge is 0.0320 e. The molecule has 0 saturated carbocycles. The summed E-state index contributed by atoms with van der Waals surface area (Å²) in [4.78, 5) is 0. The normalized spacial score (nSPS) is 15.2. The molecular weight excluding hydrogens is 288 g/mol. The third-order valence-electron chi connectivity index (χ3n) is 4.90. The summed E-state index contributed by atoms with van der Waals surface area (Å²) in [6, 6.07) is 0. The summed E-state index contributed by atoms with van der Waals surface area (Å²) in [5.74, 6) is 2.67. The van der Waals surface area contributed by atoms with E-state index in [1.54, 1.807) is 0 Å². The van der Waals surface area contributed by atoms with Crippen LogP contribution in [0, 0.1) is 17.8 Å². The van der Waals surface area contributed by atoms with E-state index in [1.807, 2.05) is 6.92 Å². The Kier molecular flexibility index (Phi) is 14.1. The molecule has 0 spiro atoms. The standard InChI is InChI=1S/C24H44/c1-20(2)12-8-14-22(5)16-10-18-24(7)19-11-17-23(6)15-9-13-21(3)4/h8,12,14,21,23-24H,1,9-11,13,15-19H2,2-7H3/b12-8+,22-14+. The van der Waals surface area contributed by atoms with E-state index in [9.17, 15) is 0 Å². The van der Waals surface area contributed by atoms with Crippen molar-refractivity contribution in [1.29, 1.82) is 0 Å². The van der Waals surface area contributed by atoms with Crippen LogP contribution in [-0.2, 0) is 0 Å². The van der Waals surface area contributed by atoms with Crippen molar-refractivity contribution in [3.63, 3.8) is 0 Å². The molecule has 0 fully saturated rings. The summed E-state index contributed by atoms with van der Waals surface area (Å²) in [6.45, 7) is 17.7. The van der Waals surface area contributed by atoms with Crippen LogP contribution in [0.2, 0.25) is 0 Å². The molecule has 24 heavy (non-hydrogen) atoms. The molecule has 140 valence electrons. The molecule has 0 heteroatoms. The molecule has 0 nitrogen and oxygen atoms in total. The maximum absolute atomic E-state index is 3.89. The van der Waals surface area contributed by atoms with Gasteiger partial charge in [0.25, 0.3) is 0 Å². The molecule has 0 rings (SSSR count). The fourth-order valence-electron chi connectivity index (χ4n) is 3.17. The van der Waals surface area contributed by atoms with Gasteiger partial charge in [0.1, 0.15) is 0 Å². The molecule has 0 aromatic rings. The van der Waals surface area contributed by atoms with Crippen LogP contribution in [0.25, 0.3) is 0 Å². The second kappa shape index (κ2) is 14.6. The highest BCUT2D eigenvalue weighted by Gasteiger charge is 2.06. The number of allylic oxidation sites excluding steroid dienone is 5. The molecule has 0 amide bonds. The van der Waals surface area contributed by atoms with Gasteiger partial charge < -0.3 is 0 Å². The lowest BCUT2D eigenvalue weighted by Crippen LogP contribution is -2.00. The monoisotopic (exact) mass is 332 g/mol. The summed E-state index contributed by atoms with van der Waals surface area (Å²) in [5.41, 5.74) is 2.60. The van der Waals surface area contributed by atoms with E-state index in [-0.39, 0.29) is 0 Å². The molecule has 0 aliphatic heterocycles. The molecule has 0 N–H and O–H groups in total. The summed E-state index contributed by atoms with van der Waals surface area (Å²) in [5, 5.41) is 0. The average Bonchev–Trinajstić information content (AvgIpc) is 2.46. The summed E-state index contributed by atoms with van der Waals surface area (Å²) >= 11 is 0. The maximum Gasteiger partial charge on any atom is -0.0320 e. The molecule has 2 unspecified atom stereocenters. The number of hydrogen-bond acceptors (Lipinski definition) is 0. The molecule has 0 aromatic carbocycles. The average molecular weight is 333 g/mol. The lowest BCUT2D eigenvalue weighted by atomic mass is 9.91. The zero-order valence-electron chi connectivity index (χ0n) is 17.5. The van der Waals surface area contributed by atoms with Crippen LogP contribution in [0.4, 0.5) is 0 Å². The first-order valence-electron chi connectivity index (χ1n) is 10.3. The van der Waals surface area contributed by atoms with Gasteiger partial charge in [-0.15, -0.1) is 0 Å². The molecular formula is C24H44. The third kappa shape index (κ3) is 16.1. The Morgan fingerprint density at radius 2 is 1.29 bits per heavy atom. The van der Waals surface area contributed by atoms with Crippen molar-refractivity contribution in [3.8, 4) is 0 Å². The summed E-state index contributed by atoms with van der Waals surface area (Å²) in [6.07, 6.45) is 18.9. The van der Waals surface area contributed by atoms with Gasteiger partial charge in [-0.25, -0.2) is 0 Å². The Hall–Kier alpha value is -0.780. The highest BCUT2D eigenvalue weighted by Crippen LogP contribution is 2.22. The molecule has 0 aliphatic carbocycles. The molecule has 0 heterocycles. The Morgan fingerprint density at radius 1 is 0.792 bits per heavy atom. The molecule has 0 radical (unpaired) electrons. The minimum absolute atomic E-state index is 0.867. The van der Waals surface area contributed by atoms with Gasteiger partial charge in [0, 0.05) is 0 Å². The highest BCUT2D eigenvalue weighted by molar-refractivity contribution is 5.19. The third-order valence-corrected chi connectivity index (χ3v) is 4.90. The second-order valence-electron chi connectivity index (χ2n) is 8.58. The fraction of sp³-hybridized carbons (Fsp3) is 0.750. The van der Waals surface area contributed by atoms with Gasteiger partial charge in [-0.3, -0.25) is 0 Å². The van der Waals surface area contributed by atoms with E-state index < -0.39 is 0 Å². The van der Waals surface area contributed by atoms with Gasteiger partial charge in [0.05, 0.1) is 0 Å². The van der Waals surface area contributed by atoms with E-state index in [4.69, 9.17) is 0 Å². The number of hydrogen-bond donors (Lipinski definition) is 0. The number of rotatable bonds is 14. The molecule has 0 saturated heterocycles. The highest BCUT2D eigenvalue weighted by atomic mass is 14.1. The molecule has 0 aromatic heterocycles. The second-order valence-corrected chi connectivity index (χ2v) is 8.58. The van der Waals surface area contributed by atoms with Crippen molar-refractivity contribution in [2.45, 2.75) is 99.3 Å². The minimum atomic E-state index is 0.867. The topological polar surface area (TPSA) is 0 Å². The SMILES string of the molecule is C=C(C)/C=C/C=C(\C)CCCC(C)CCCC(C)CCCC(C)C. The van der Waals surface area contributed by atoms with Crippen LogP contribution in [0.1, 0.15) is 99.3 Å². The quantitative estimate of drug-likeness (QED) is 0.280. The van der Waals surface area contributed by atoms with Crippen molar-refractivity contribution in [2.24, 2.45) is 17.8 Å². The van der Waals surface area contributed by atoms with E-state index >= 15 is 0 Å². The molecule has 2 atom stereocenters. The van der Waals surface area contributed by atoms with Crippen LogP contribution in [0.5, 0.6) is 0 Å². The van der Waals surface area contributed by atoms with Gasteiger partial charge in [-0.1, -0.05) is 109 Å². The first-order valence-corrected chi connectivity index (χ1v) is 10.3. The van der Waals surface area contributed by atoms with Crippen LogP contribution >= 0.6 is 0 Å². The van der Waals surface area contributed by atoms with Gasteiger partial charge in [-0.05, 0) is 44.4 Å².